The Hall–Kier alpha value is 0.537. The average Bonchev–Trinajstić information content (AvgIpc) is 2.26. The topological polar surface area (TPSA) is 74.6 Å². The normalized spacial score (nSPS) is 11.1. The van der Waals surface area contributed by atoms with Crippen LogP contribution in [0.4, 0.5) is 0 Å². The van der Waals surface area contributed by atoms with Crippen molar-refractivity contribution in [2.45, 2.75) is 72.6 Å². The summed E-state index contributed by atoms with van der Waals surface area (Å²) < 4.78 is 0. The molecule has 0 rings (SSSR count). The van der Waals surface area contributed by atoms with Gasteiger partial charge >= 0.3 is 60.4 Å². The van der Waals surface area contributed by atoms with Crippen LogP contribution >= 0.6 is 0 Å². The van der Waals surface area contributed by atoms with Gasteiger partial charge in [0.25, 0.3) is 0 Å². The minimum absolute atomic E-state index is 0. The van der Waals surface area contributed by atoms with Crippen molar-refractivity contribution in [3.05, 3.63) is 6.92 Å². The zero-order valence-corrected chi connectivity index (χ0v) is 17.4. The maximum absolute atomic E-state index is 9.43. The molecule has 1 atom stereocenters. The van der Waals surface area contributed by atoms with E-state index in [-0.39, 0.29) is 49.8 Å². The van der Waals surface area contributed by atoms with Crippen LogP contribution in [0, 0.1) is 18.3 Å². The summed E-state index contributed by atoms with van der Waals surface area (Å²) in [5.74, 6) is -2.01. The van der Waals surface area contributed by atoms with Crippen LogP contribution in [-0.2, 0) is 9.59 Å². The summed E-state index contributed by atoms with van der Waals surface area (Å²) in [5, 5.41) is 15.4. The third-order valence-corrected chi connectivity index (χ3v) is 3.18. The van der Waals surface area contributed by atoms with E-state index >= 15 is 0 Å². The number of carboxylic acid groups (broad SMARTS) is 2. The van der Waals surface area contributed by atoms with Gasteiger partial charge in [0.05, 0.1) is 0 Å². The Bertz CT molecular complexity index is 272. The smallest absolute Gasteiger partial charge is 1.00 e. The van der Waals surface area contributed by atoms with Gasteiger partial charge in [-0.25, -0.2) is 0 Å². The summed E-state index contributed by atoms with van der Waals surface area (Å²) in [6.45, 7) is 13.4. The Labute approximate surface area is 171 Å². The second-order valence-electron chi connectivity index (χ2n) is 6.23. The van der Waals surface area contributed by atoms with Crippen molar-refractivity contribution < 1.29 is 69.6 Å². The van der Waals surface area contributed by atoms with Gasteiger partial charge in [0, 0.05) is 0 Å². The predicted octanol–water partition coefficient (Wildman–Crippen LogP) is -1.49. The number of hydrogen-bond acceptors (Lipinski definition) is 2. The molecule has 0 aromatic carbocycles. The number of carbonyl (C=O) groups is 2. The van der Waals surface area contributed by atoms with Crippen molar-refractivity contribution in [1.29, 1.82) is 0 Å². The minimum atomic E-state index is -1.31. The quantitative estimate of drug-likeness (QED) is 0.247. The number of rotatable bonds is 8. The van der Waals surface area contributed by atoms with Gasteiger partial charge in [-0.05, 0) is 0 Å². The van der Waals surface area contributed by atoms with Crippen molar-refractivity contribution in [2.75, 3.05) is 0 Å². The van der Waals surface area contributed by atoms with Crippen molar-refractivity contribution in [3.8, 4) is 0 Å². The minimum Gasteiger partial charge on any atom is -1.00 e. The summed E-state index contributed by atoms with van der Waals surface area (Å²) >= 11 is 0. The molecule has 0 spiro atoms. The molecular formula is C16H32LiNaO4. The zero-order chi connectivity index (χ0) is 16.2. The molecule has 0 fully saturated rings. The Morgan fingerprint density at radius 1 is 1.05 bits per heavy atom. The summed E-state index contributed by atoms with van der Waals surface area (Å²) in [6.07, 6.45) is 7.41. The van der Waals surface area contributed by atoms with Crippen LogP contribution in [0.25, 0.3) is 0 Å². The summed E-state index contributed by atoms with van der Waals surface area (Å²) in [6, 6.07) is 0. The number of aliphatic carboxylic acids is 2. The van der Waals surface area contributed by atoms with E-state index in [0.717, 1.165) is 0 Å². The second-order valence-corrected chi connectivity index (χ2v) is 6.23. The molecule has 0 aromatic rings. The molecule has 0 bridgehead atoms. The third-order valence-electron chi connectivity index (χ3n) is 3.18. The van der Waals surface area contributed by atoms with Crippen LogP contribution in [0.1, 0.15) is 74.1 Å². The molecule has 22 heavy (non-hydrogen) atoms. The van der Waals surface area contributed by atoms with Gasteiger partial charge in [-0.15, -0.1) is 0 Å². The molecule has 2 N–H and O–H groups in total. The molecule has 122 valence electrons. The first-order valence-corrected chi connectivity index (χ1v) is 7.37. The first kappa shape index (κ1) is 30.4. The number of hydrogen-bond donors (Lipinski definition) is 2. The first-order chi connectivity index (χ1) is 9.11. The van der Waals surface area contributed by atoms with Gasteiger partial charge in [0.2, 0.25) is 0 Å². The van der Waals surface area contributed by atoms with Crippen molar-refractivity contribution in [2.24, 2.45) is 11.3 Å². The maximum Gasteiger partial charge on any atom is 1.00 e. The van der Waals surface area contributed by atoms with E-state index in [0.29, 0.717) is 11.3 Å². The molecule has 0 aliphatic rings. The van der Waals surface area contributed by atoms with E-state index in [1.807, 2.05) is 0 Å². The largest absolute Gasteiger partial charge is 1.00 e. The van der Waals surface area contributed by atoms with Crippen LogP contribution in [0.2, 0.25) is 0 Å². The van der Waals surface area contributed by atoms with E-state index in [1.165, 1.54) is 38.5 Å². The molecule has 6 heteroatoms. The predicted molar refractivity (Wildman–Crippen MR) is 82.7 cm³/mol. The van der Waals surface area contributed by atoms with E-state index in [9.17, 15) is 9.59 Å². The monoisotopic (exact) mass is 318 g/mol. The van der Waals surface area contributed by atoms with Gasteiger partial charge in [-0.1, -0.05) is 71.6 Å². The fourth-order valence-electron chi connectivity index (χ4n) is 1.56. The Morgan fingerprint density at radius 3 is 1.73 bits per heavy atom. The van der Waals surface area contributed by atoms with Gasteiger partial charge in [0.15, 0.2) is 0 Å². The second kappa shape index (κ2) is 17.9. The van der Waals surface area contributed by atoms with Gasteiger partial charge < -0.3 is 18.6 Å². The molecule has 0 aliphatic carbocycles. The molecule has 0 radical (unpaired) electrons. The van der Waals surface area contributed by atoms with E-state index in [4.69, 9.17) is 10.2 Å². The van der Waals surface area contributed by atoms with Crippen molar-refractivity contribution in [1.82, 2.24) is 0 Å². The molecule has 0 aliphatic heterocycles. The fourth-order valence-corrected chi connectivity index (χ4v) is 1.56. The molecule has 0 saturated heterocycles. The molecule has 0 amide bonds. The number of unbranched alkanes of at least 4 members (excludes halogenated alkanes) is 4. The van der Waals surface area contributed by atoms with Crippen LogP contribution in [-0.4, -0.2) is 22.2 Å². The zero-order valence-electron chi connectivity index (χ0n) is 16.4. The standard InChI is InChI=1S/C13H27.C3H4O4.Li.Na.H/c1-6-7-8-9-10-11-12(2)13(3,4)5;4-2(5)1-3(6)7;;;/h12H,2,6-11H2,1,3-5H3;1H2,(H,4,5)(H,6,7);;;/q-1;;2*+1;-1. The van der Waals surface area contributed by atoms with E-state index in [1.54, 1.807) is 0 Å². The fraction of sp³-hybridized carbons (Fsp3) is 0.812. The van der Waals surface area contributed by atoms with Crippen LogP contribution in [0.3, 0.4) is 0 Å². The maximum atomic E-state index is 9.43. The Kier molecular flexibility index (Phi) is 24.7. The third kappa shape index (κ3) is 25.5. The Morgan fingerprint density at radius 2 is 1.45 bits per heavy atom. The van der Waals surface area contributed by atoms with Gasteiger partial charge in [0.1, 0.15) is 6.42 Å². The molecule has 0 aromatic heterocycles. The summed E-state index contributed by atoms with van der Waals surface area (Å²) in [4.78, 5) is 18.9. The van der Waals surface area contributed by atoms with Crippen LogP contribution in [0.5, 0.6) is 0 Å². The SMILES string of the molecule is O=C(O)CC(=O)O.[CH2-]C(CCCCCCC)C(C)(C)C.[H-].[Li+].[Na+]. The number of carboxylic acids is 2. The molecule has 0 saturated carbocycles. The molecule has 4 nitrogen and oxygen atoms in total. The van der Waals surface area contributed by atoms with Crippen molar-refractivity contribution in [3.63, 3.8) is 0 Å². The van der Waals surface area contributed by atoms with E-state index in [2.05, 4.69) is 34.6 Å². The summed E-state index contributed by atoms with van der Waals surface area (Å²) in [5.41, 5.74) is 0.394. The average molecular weight is 318 g/mol. The summed E-state index contributed by atoms with van der Waals surface area (Å²) in [7, 11) is 0. The molecule has 0 heterocycles. The molecular weight excluding hydrogens is 286 g/mol. The van der Waals surface area contributed by atoms with E-state index < -0.39 is 18.4 Å². The first-order valence-electron chi connectivity index (χ1n) is 7.37. The Balaban J connectivity index is -0.0000000945. The van der Waals surface area contributed by atoms with Crippen molar-refractivity contribution >= 4 is 11.9 Å². The van der Waals surface area contributed by atoms with Crippen LogP contribution in [0.15, 0.2) is 0 Å². The molecule has 1 unspecified atom stereocenters. The van der Waals surface area contributed by atoms with Gasteiger partial charge in [-0.2, -0.15) is 5.92 Å². The van der Waals surface area contributed by atoms with Gasteiger partial charge in [-0.3, -0.25) is 9.59 Å². The van der Waals surface area contributed by atoms with Crippen LogP contribution < -0.4 is 48.4 Å².